The van der Waals surface area contributed by atoms with Gasteiger partial charge in [-0.25, -0.2) is 0 Å². The molecule has 0 radical (unpaired) electrons. The van der Waals surface area contributed by atoms with E-state index in [2.05, 4.69) is 17.1 Å². The van der Waals surface area contributed by atoms with E-state index in [4.69, 9.17) is 0 Å². The maximum atomic E-state index is 4.48. The average Bonchev–Trinajstić information content (AvgIpc) is 2.70. The lowest BCUT2D eigenvalue weighted by Crippen LogP contribution is -2.08. The predicted molar refractivity (Wildman–Crippen MR) is 64.8 cm³/mol. The van der Waals surface area contributed by atoms with Crippen LogP contribution in [-0.2, 0) is 26.9 Å². The number of aryl methyl sites for hydroxylation is 3. The van der Waals surface area contributed by atoms with Crippen LogP contribution in [0.1, 0.15) is 17.0 Å². The second-order valence-corrected chi connectivity index (χ2v) is 4.16. The molecular weight excluding hydrogens is 224 g/mol. The van der Waals surface area contributed by atoms with Gasteiger partial charge in [0, 0.05) is 30.9 Å². The first-order chi connectivity index (χ1) is 7.18. The molecule has 0 aromatic carbocycles. The normalized spacial score (nSPS) is 12.9. The van der Waals surface area contributed by atoms with Crippen molar-refractivity contribution in [2.24, 2.45) is 14.1 Å². The highest BCUT2D eigenvalue weighted by atomic mass is 35.5. The summed E-state index contributed by atoms with van der Waals surface area (Å²) < 4.78 is 3.95. The van der Waals surface area contributed by atoms with Gasteiger partial charge >= 0.3 is 0 Å². The van der Waals surface area contributed by atoms with Gasteiger partial charge in [0.05, 0.1) is 17.6 Å². The lowest BCUT2D eigenvalue weighted by molar-refractivity contribution is 0.698. The minimum atomic E-state index is 0. The van der Waals surface area contributed by atoms with Crippen molar-refractivity contribution in [2.45, 2.75) is 19.8 Å². The molecule has 86 valence electrons. The zero-order valence-electron chi connectivity index (χ0n) is 9.69. The number of aromatic nitrogens is 4. The molecule has 2 aromatic rings. The Kier molecular flexibility index (Phi) is 2.54. The molecule has 1 aliphatic carbocycles. The van der Waals surface area contributed by atoms with E-state index in [1.54, 1.807) is 0 Å². The standard InChI is InChI=1S/C11H14N4.ClH/c1-7-8-4-5-10-9(6-12-14(10)2)11(8)15(3)13-7;/h6H,4-5H2,1-3H3;1H. The molecule has 0 N–H and O–H groups in total. The molecule has 0 amide bonds. The third kappa shape index (κ3) is 1.29. The molecule has 5 heteroatoms. The highest BCUT2D eigenvalue weighted by Crippen LogP contribution is 2.34. The maximum absolute atomic E-state index is 4.48. The number of fused-ring (bicyclic) bond motifs is 3. The molecule has 2 heterocycles. The molecule has 0 spiro atoms. The van der Waals surface area contributed by atoms with Crippen molar-refractivity contribution in [3.05, 3.63) is 23.1 Å². The Bertz CT molecular complexity index is 538. The van der Waals surface area contributed by atoms with Crippen LogP contribution in [0.4, 0.5) is 0 Å². The zero-order valence-corrected chi connectivity index (χ0v) is 10.5. The fraction of sp³-hybridized carbons (Fsp3) is 0.455. The fourth-order valence-electron chi connectivity index (χ4n) is 2.54. The van der Waals surface area contributed by atoms with Crippen LogP contribution in [0.25, 0.3) is 11.3 Å². The molecule has 1 aliphatic rings. The largest absolute Gasteiger partial charge is 0.272 e. The van der Waals surface area contributed by atoms with Crippen molar-refractivity contribution in [1.82, 2.24) is 19.6 Å². The van der Waals surface area contributed by atoms with Crippen molar-refractivity contribution < 1.29 is 0 Å². The van der Waals surface area contributed by atoms with Gasteiger partial charge in [-0.3, -0.25) is 9.36 Å². The van der Waals surface area contributed by atoms with E-state index in [0.717, 1.165) is 18.5 Å². The molecular formula is C11H15ClN4. The van der Waals surface area contributed by atoms with E-state index in [1.807, 2.05) is 29.7 Å². The number of hydrogen-bond donors (Lipinski definition) is 0. The van der Waals surface area contributed by atoms with Crippen molar-refractivity contribution in [3.8, 4) is 11.3 Å². The SMILES string of the molecule is Cc1nn(C)c2c1CCc1c-2cnn1C.Cl. The highest BCUT2D eigenvalue weighted by molar-refractivity contribution is 5.85. The number of nitrogens with zero attached hydrogens (tertiary/aromatic N) is 4. The van der Waals surface area contributed by atoms with Crippen molar-refractivity contribution in [2.75, 3.05) is 0 Å². The summed E-state index contributed by atoms with van der Waals surface area (Å²) in [5.74, 6) is 0. The Morgan fingerprint density at radius 1 is 1.19 bits per heavy atom. The van der Waals surface area contributed by atoms with Gasteiger partial charge in [-0.1, -0.05) is 0 Å². The molecule has 0 atom stereocenters. The maximum Gasteiger partial charge on any atom is 0.0748 e. The average molecular weight is 239 g/mol. The first-order valence-corrected chi connectivity index (χ1v) is 5.22. The summed E-state index contributed by atoms with van der Waals surface area (Å²) in [5.41, 5.74) is 6.37. The topological polar surface area (TPSA) is 35.6 Å². The summed E-state index contributed by atoms with van der Waals surface area (Å²) in [6, 6.07) is 0. The van der Waals surface area contributed by atoms with Crippen molar-refractivity contribution in [3.63, 3.8) is 0 Å². The summed E-state index contributed by atoms with van der Waals surface area (Å²) >= 11 is 0. The molecule has 3 rings (SSSR count). The van der Waals surface area contributed by atoms with E-state index in [-0.39, 0.29) is 12.4 Å². The molecule has 0 saturated carbocycles. The van der Waals surface area contributed by atoms with Crippen LogP contribution < -0.4 is 0 Å². The van der Waals surface area contributed by atoms with Gasteiger partial charge in [-0.15, -0.1) is 12.4 Å². The Labute approximate surface area is 101 Å². The van der Waals surface area contributed by atoms with Gasteiger partial charge in [0.25, 0.3) is 0 Å². The highest BCUT2D eigenvalue weighted by Gasteiger charge is 2.24. The Morgan fingerprint density at radius 2 is 1.94 bits per heavy atom. The predicted octanol–water partition coefficient (Wildman–Crippen LogP) is 1.65. The van der Waals surface area contributed by atoms with Crippen LogP contribution >= 0.6 is 12.4 Å². The molecule has 4 nitrogen and oxygen atoms in total. The first kappa shape index (κ1) is 11.2. The molecule has 0 fully saturated rings. The van der Waals surface area contributed by atoms with Crippen LogP contribution in [0, 0.1) is 6.92 Å². The third-order valence-electron chi connectivity index (χ3n) is 3.27. The van der Waals surface area contributed by atoms with E-state index < -0.39 is 0 Å². The first-order valence-electron chi connectivity index (χ1n) is 5.22. The van der Waals surface area contributed by atoms with Gasteiger partial charge in [-0.05, 0) is 19.8 Å². The van der Waals surface area contributed by atoms with Crippen molar-refractivity contribution >= 4 is 12.4 Å². The summed E-state index contributed by atoms with van der Waals surface area (Å²) in [6.07, 6.45) is 4.11. The van der Waals surface area contributed by atoms with Crippen LogP contribution in [-0.4, -0.2) is 19.6 Å². The van der Waals surface area contributed by atoms with Crippen LogP contribution in [0.3, 0.4) is 0 Å². The van der Waals surface area contributed by atoms with Gasteiger partial charge < -0.3 is 0 Å². The van der Waals surface area contributed by atoms with Gasteiger partial charge in [0.15, 0.2) is 0 Å². The number of hydrogen-bond acceptors (Lipinski definition) is 2. The molecule has 0 saturated heterocycles. The van der Waals surface area contributed by atoms with Gasteiger partial charge in [0.1, 0.15) is 0 Å². The summed E-state index contributed by atoms with van der Waals surface area (Å²) in [6.45, 7) is 2.08. The number of halogens is 1. The molecule has 0 unspecified atom stereocenters. The Balaban J connectivity index is 0.000000963. The van der Waals surface area contributed by atoms with Gasteiger partial charge in [-0.2, -0.15) is 10.2 Å². The molecule has 0 aliphatic heterocycles. The second-order valence-electron chi connectivity index (χ2n) is 4.16. The zero-order chi connectivity index (χ0) is 10.6. The Morgan fingerprint density at radius 3 is 2.69 bits per heavy atom. The van der Waals surface area contributed by atoms with Crippen LogP contribution in [0.15, 0.2) is 6.20 Å². The number of rotatable bonds is 0. The van der Waals surface area contributed by atoms with E-state index >= 15 is 0 Å². The lowest BCUT2D eigenvalue weighted by Gasteiger charge is -2.14. The lowest BCUT2D eigenvalue weighted by atomic mass is 9.94. The second kappa shape index (κ2) is 3.63. The summed E-state index contributed by atoms with van der Waals surface area (Å²) in [4.78, 5) is 0. The molecule has 2 aromatic heterocycles. The quantitative estimate of drug-likeness (QED) is 0.700. The monoisotopic (exact) mass is 238 g/mol. The van der Waals surface area contributed by atoms with E-state index in [9.17, 15) is 0 Å². The Hall–Kier alpha value is -1.29. The fourth-order valence-corrected chi connectivity index (χ4v) is 2.54. The minimum Gasteiger partial charge on any atom is -0.272 e. The summed E-state index contributed by atoms with van der Waals surface area (Å²) in [5, 5.41) is 8.80. The molecule has 16 heavy (non-hydrogen) atoms. The van der Waals surface area contributed by atoms with Crippen molar-refractivity contribution in [1.29, 1.82) is 0 Å². The summed E-state index contributed by atoms with van der Waals surface area (Å²) in [7, 11) is 4.01. The minimum absolute atomic E-state index is 0. The third-order valence-corrected chi connectivity index (χ3v) is 3.27. The van der Waals surface area contributed by atoms with E-state index in [0.29, 0.717) is 0 Å². The molecule has 0 bridgehead atoms. The van der Waals surface area contributed by atoms with Gasteiger partial charge in [0.2, 0.25) is 0 Å². The van der Waals surface area contributed by atoms with Crippen LogP contribution in [0.2, 0.25) is 0 Å². The smallest absolute Gasteiger partial charge is 0.0748 e. The van der Waals surface area contributed by atoms with E-state index in [1.165, 1.54) is 22.5 Å². The van der Waals surface area contributed by atoms with Crippen LogP contribution in [0.5, 0.6) is 0 Å².